The van der Waals surface area contributed by atoms with Gasteiger partial charge in [-0.15, -0.1) is 0 Å². The fourth-order valence-corrected chi connectivity index (χ4v) is 2.67. The first-order chi connectivity index (χ1) is 10.3. The number of hydrogen-bond acceptors (Lipinski definition) is 3. The van der Waals surface area contributed by atoms with Crippen molar-refractivity contribution in [2.75, 3.05) is 13.6 Å². The summed E-state index contributed by atoms with van der Waals surface area (Å²) in [6.07, 6.45) is 6.92. The van der Waals surface area contributed by atoms with Gasteiger partial charge in [-0.3, -0.25) is 0 Å². The van der Waals surface area contributed by atoms with Gasteiger partial charge in [0, 0.05) is 17.6 Å². The highest BCUT2D eigenvalue weighted by molar-refractivity contribution is 5.19. The average molecular weight is 286 g/mol. The van der Waals surface area contributed by atoms with Crippen LogP contribution in [0.15, 0.2) is 53.3 Å². The number of furan rings is 1. The van der Waals surface area contributed by atoms with Crippen LogP contribution in [0.25, 0.3) is 0 Å². The van der Waals surface area contributed by atoms with E-state index in [1.165, 1.54) is 11.1 Å². The maximum absolute atomic E-state index is 5.24. The second-order valence-electron chi connectivity index (χ2n) is 5.39. The van der Waals surface area contributed by atoms with Crippen LogP contribution >= 0.6 is 0 Å². The lowest BCUT2D eigenvalue weighted by molar-refractivity contribution is 0.432. The van der Waals surface area contributed by atoms with Gasteiger partial charge in [-0.25, -0.2) is 0 Å². The maximum Gasteiger partial charge on any atom is 0.0950 e. The van der Waals surface area contributed by atoms with Gasteiger partial charge in [0.05, 0.1) is 12.5 Å². The van der Waals surface area contributed by atoms with Crippen LogP contribution in [0.4, 0.5) is 0 Å². The summed E-state index contributed by atoms with van der Waals surface area (Å²) >= 11 is 0. The first-order valence-corrected chi connectivity index (χ1v) is 7.82. The summed E-state index contributed by atoms with van der Waals surface area (Å²) < 4.78 is 5.24. The van der Waals surface area contributed by atoms with Gasteiger partial charge in [-0.05, 0) is 44.5 Å². The molecule has 21 heavy (non-hydrogen) atoms. The van der Waals surface area contributed by atoms with Crippen molar-refractivity contribution in [2.24, 2.45) is 0 Å². The molecule has 2 atom stereocenters. The van der Waals surface area contributed by atoms with Crippen molar-refractivity contribution in [2.45, 2.75) is 38.3 Å². The monoisotopic (exact) mass is 286 g/mol. The number of benzene rings is 1. The summed E-state index contributed by atoms with van der Waals surface area (Å²) in [6.45, 7) is 3.23. The standard InChI is InChI=1S/C18H26N2O/c1-3-12-20-18(16-11-13-21-14-16)10-9-17(19-2)15-7-5-4-6-8-15/h4-8,11,13-14,17-20H,3,9-10,12H2,1-2H3. The Morgan fingerprint density at radius 1 is 1.00 bits per heavy atom. The Labute approximate surface area is 127 Å². The summed E-state index contributed by atoms with van der Waals surface area (Å²) in [5.74, 6) is 0. The fourth-order valence-electron chi connectivity index (χ4n) is 2.67. The zero-order valence-corrected chi connectivity index (χ0v) is 13.0. The van der Waals surface area contributed by atoms with Gasteiger partial charge >= 0.3 is 0 Å². The molecule has 114 valence electrons. The van der Waals surface area contributed by atoms with Gasteiger partial charge in [0.1, 0.15) is 0 Å². The highest BCUT2D eigenvalue weighted by Crippen LogP contribution is 2.25. The fraction of sp³-hybridized carbons (Fsp3) is 0.444. The molecule has 0 aliphatic rings. The third kappa shape index (κ3) is 4.73. The minimum absolute atomic E-state index is 0.364. The molecule has 2 aromatic rings. The third-order valence-electron chi connectivity index (χ3n) is 3.88. The van der Waals surface area contributed by atoms with Crippen molar-refractivity contribution in [3.8, 4) is 0 Å². The number of hydrogen-bond donors (Lipinski definition) is 2. The lowest BCUT2D eigenvalue weighted by Crippen LogP contribution is -2.24. The van der Waals surface area contributed by atoms with E-state index in [2.05, 4.69) is 54.0 Å². The third-order valence-corrected chi connectivity index (χ3v) is 3.88. The van der Waals surface area contributed by atoms with E-state index in [9.17, 15) is 0 Å². The molecule has 2 rings (SSSR count). The molecule has 0 aliphatic carbocycles. The second-order valence-corrected chi connectivity index (χ2v) is 5.39. The van der Waals surface area contributed by atoms with E-state index in [0.29, 0.717) is 12.1 Å². The first-order valence-electron chi connectivity index (χ1n) is 7.82. The Balaban J connectivity index is 1.96. The van der Waals surface area contributed by atoms with Crippen molar-refractivity contribution >= 4 is 0 Å². The summed E-state index contributed by atoms with van der Waals surface area (Å²) in [7, 11) is 2.03. The molecule has 0 aliphatic heterocycles. The molecule has 1 heterocycles. The van der Waals surface area contributed by atoms with Gasteiger partial charge in [0.15, 0.2) is 0 Å². The molecule has 3 nitrogen and oxygen atoms in total. The summed E-state index contributed by atoms with van der Waals surface area (Å²) in [4.78, 5) is 0. The Morgan fingerprint density at radius 2 is 1.76 bits per heavy atom. The van der Waals surface area contributed by atoms with Gasteiger partial charge in [-0.2, -0.15) is 0 Å². The van der Waals surface area contributed by atoms with Crippen molar-refractivity contribution in [3.63, 3.8) is 0 Å². The van der Waals surface area contributed by atoms with E-state index in [1.807, 2.05) is 13.3 Å². The zero-order valence-electron chi connectivity index (χ0n) is 13.0. The molecule has 3 heteroatoms. The Hall–Kier alpha value is -1.58. The molecule has 0 amide bonds. The molecule has 2 N–H and O–H groups in total. The van der Waals surface area contributed by atoms with Crippen molar-refractivity contribution in [3.05, 3.63) is 60.1 Å². The number of rotatable bonds is 9. The first kappa shape index (κ1) is 15.8. The molecule has 0 saturated heterocycles. The minimum Gasteiger partial charge on any atom is -0.472 e. The summed E-state index contributed by atoms with van der Waals surface area (Å²) in [5.41, 5.74) is 2.59. The smallest absolute Gasteiger partial charge is 0.0950 e. The van der Waals surface area contributed by atoms with E-state index in [0.717, 1.165) is 25.8 Å². The van der Waals surface area contributed by atoms with Crippen LogP contribution in [-0.4, -0.2) is 13.6 Å². The van der Waals surface area contributed by atoms with E-state index in [-0.39, 0.29) is 0 Å². The van der Waals surface area contributed by atoms with Crippen LogP contribution < -0.4 is 10.6 Å². The van der Waals surface area contributed by atoms with Crippen LogP contribution in [0.2, 0.25) is 0 Å². The molecule has 2 unspecified atom stereocenters. The quantitative estimate of drug-likeness (QED) is 0.730. The van der Waals surface area contributed by atoms with Gasteiger partial charge < -0.3 is 15.1 Å². The predicted molar refractivity (Wildman–Crippen MR) is 87.2 cm³/mol. The lowest BCUT2D eigenvalue weighted by atomic mass is 9.97. The van der Waals surface area contributed by atoms with Crippen LogP contribution in [0.1, 0.15) is 49.4 Å². The van der Waals surface area contributed by atoms with Gasteiger partial charge in [-0.1, -0.05) is 37.3 Å². The van der Waals surface area contributed by atoms with Crippen LogP contribution in [0.5, 0.6) is 0 Å². The molecular weight excluding hydrogens is 260 g/mol. The molecule has 0 spiro atoms. The van der Waals surface area contributed by atoms with Crippen molar-refractivity contribution < 1.29 is 4.42 Å². The predicted octanol–water partition coefficient (Wildman–Crippen LogP) is 4.06. The van der Waals surface area contributed by atoms with Gasteiger partial charge in [0.25, 0.3) is 0 Å². The lowest BCUT2D eigenvalue weighted by Gasteiger charge is -2.22. The zero-order chi connectivity index (χ0) is 14.9. The molecular formula is C18H26N2O. The maximum atomic E-state index is 5.24. The average Bonchev–Trinajstić information content (AvgIpc) is 3.06. The second kappa shape index (κ2) is 8.65. The molecule has 0 saturated carbocycles. The molecule has 0 bridgehead atoms. The summed E-state index contributed by atoms with van der Waals surface area (Å²) in [5, 5.41) is 7.04. The molecule has 1 aromatic heterocycles. The number of nitrogens with one attached hydrogen (secondary N) is 2. The van der Waals surface area contributed by atoms with Crippen LogP contribution in [0, 0.1) is 0 Å². The van der Waals surface area contributed by atoms with Crippen LogP contribution in [0.3, 0.4) is 0 Å². The topological polar surface area (TPSA) is 37.2 Å². The largest absolute Gasteiger partial charge is 0.472 e. The highest BCUT2D eigenvalue weighted by Gasteiger charge is 2.15. The van der Waals surface area contributed by atoms with Gasteiger partial charge in [0.2, 0.25) is 0 Å². The SMILES string of the molecule is CCCNC(CCC(NC)c1ccccc1)c1ccoc1. The molecule has 1 aromatic carbocycles. The van der Waals surface area contributed by atoms with Crippen molar-refractivity contribution in [1.82, 2.24) is 10.6 Å². The molecule has 0 fully saturated rings. The van der Waals surface area contributed by atoms with E-state index in [1.54, 1.807) is 6.26 Å². The van der Waals surface area contributed by atoms with E-state index < -0.39 is 0 Å². The Bertz CT molecular complexity index is 481. The minimum atomic E-state index is 0.364. The van der Waals surface area contributed by atoms with E-state index >= 15 is 0 Å². The molecule has 0 radical (unpaired) electrons. The van der Waals surface area contributed by atoms with Crippen molar-refractivity contribution in [1.29, 1.82) is 0 Å². The summed E-state index contributed by atoms with van der Waals surface area (Å²) in [6, 6.07) is 13.5. The normalized spacial score (nSPS) is 14.0. The van der Waals surface area contributed by atoms with Crippen LogP contribution in [-0.2, 0) is 0 Å². The Kier molecular flexibility index (Phi) is 6.51. The Morgan fingerprint density at radius 3 is 2.38 bits per heavy atom. The van der Waals surface area contributed by atoms with E-state index in [4.69, 9.17) is 4.42 Å². The highest BCUT2D eigenvalue weighted by atomic mass is 16.3.